The molecule has 0 unspecified atom stereocenters. The number of amides is 4. The van der Waals surface area contributed by atoms with Crippen LogP contribution in [0.15, 0.2) is 0 Å². The van der Waals surface area contributed by atoms with Gasteiger partial charge in [-0.1, -0.05) is 0 Å². The summed E-state index contributed by atoms with van der Waals surface area (Å²) in [5.41, 5.74) is -0.821. The summed E-state index contributed by atoms with van der Waals surface area (Å²) < 4.78 is 5.71. The number of imide groups is 1. The van der Waals surface area contributed by atoms with E-state index in [0.717, 1.165) is 37.0 Å². The molecule has 4 amide bonds. The molecule has 3 atom stereocenters. The minimum atomic E-state index is -0.821. The van der Waals surface area contributed by atoms with Crippen molar-refractivity contribution in [1.29, 1.82) is 0 Å². The summed E-state index contributed by atoms with van der Waals surface area (Å²) in [6.07, 6.45) is 5.01. The fourth-order valence-electron chi connectivity index (χ4n) is 4.26. The summed E-state index contributed by atoms with van der Waals surface area (Å²) in [5, 5.41) is 2.79. The second-order valence-electron chi connectivity index (χ2n) is 7.29. The van der Waals surface area contributed by atoms with Crippen LogP contribution in [0.1, 0.15) is 39.0 Å². The number of carbonyl (C=O) groups excluding carboxylic acids is 3. The van der Waals surface area contributed by atoms with Crippen molar-refractivity contribution in [3.05, 3.63) is 0 Å². The molecule has 1 N–H and O–H groups in total. The first-order valence-corrected chi connectivity index (χ1v) is 8.56. The Hall–Kier alpha value is -1.63. The van der Waals surface area contributed by atoms with E-state index < -0.39 is 11.6 Å². The number of rotatable bonds is 3. The van der Waals surface area contributed by atoms with Gasteiger partial charge in [0, 0.05) is 6.54 Å². The SMILES string of the molecule is C[C@]1(C2CC2)NC(=O)N(CC(=O)N2CCO[C@@H]3CCC[C@H]32)C1=O. The lowest BCUT2D eigenvalue weighted by Gasteiger charge is -2.38. The zero-order valence-electron chi connectivity index (χ0n) is 13.4. The van der Waals surface area contributed by atoms with Gasteiger partial charge in [-0.05, 0) is 44.9 Å². The average molecular weight is 321 g/mol. The molecular formula is C16H23N3O4. The fourth-order valence-corrected chi connectivity index (χ4v) is 4.26. The third-order valence-corrected chi connectivity index (χ3v) is 5.79. The molecule has 4 rings (SSSR count). The number of morpholine rings is 1. The largest absolute Gasteiger partial charge is 0.374 e. The van der Waals surface area contributed by atoms with Crippen molar-refractivity contribution < 1.29 is 19.1 Å². The highest BCUT2D eigenvalue weighted by molar-refractivity contribution is 6.09. The molecule has 0 aromatic rings. The van der Waals surface area contributed by atoms with E-state index in [1.165, 1.54) is 0 Å². The van der Waals surface area contributed by atoms with E-state index in [1.807, 2.05) is 4.90 Å². The molecule has 2 saturated carbocycles. The molecule has 2 aliphatic heterocycles. The minimum absolute atomic E-state index is 0.104. The molecular weight excluding hydrogens is 298 g/mol. The monoisotopic (exact) mass is 321 g/mol. The van der Waals surface area contributed by atoms with Crippen LogP contribution < -0.4 is 5.32 Å². The second-order valence-corrected chi connectivity index (χ2v) is 7.29. The molecule has 2 saturated heterocycles. The van der Waals surface area contributed by atoms with Gasteiger partial charge < -0.3 is 15.0 Å². The van der Waals surface area contributed by atoms with Crippen LogP contribution in [0.5, 0.6) is 0 Å². The van der Waals surface area contributed by atoms with Crippen LogP contribution in [-0.4, -0.2) is 65.0 Å². The fraction of sp³-hybridized carbons (Fsp3) is 0.812. The molecule has 0 spiro atoms. The Morgan fingerprint density at radius 1 is 1.30 bits per heavy atom. The van der Waals surface area contributed by atoms with Crippen LogP contribution in [0.25, 0.3) is 0 Å². The van der Waals surface area contributed by atoms with E-state index in [1.54, 1.807) is 6.92 Å². The molecule has 0 aromatic heterocycles. The van der Waals surface area contributed by atoms with Gasteiger partial charge in [0.2, 0.25) is 5.91 Å². The molecule has 2 heterocycles. The van der Waals surface area contributed by atoms with Gasteiger partial charge in [-0.25, -0.2) is 4.79 Å². The van der Waals surface area contributed by atoms with Gasteiger partial charge in [-0.3, -0.25) is 14.5 Å². The van der Waals surface area contributed by atoms with Crippen molar-refractivity contribution in [2.45, 2.75) is 56.7 Å². The first kappa shape index (κ1) is 14.9. The summed E-state index contributed by atoms with van der Waals surface area (Å²) >= 11 is 0. The summed E-state index contributed by atoms with van der Waals surface area (Å²) in [4.78, 5) is 40.4. The molecule has 4 fully saturated rings. The number of urea groups is 1. The van der Waals surface area contributed by atoms with Crippen molar-refractivity contribution in [3.63, 3.8) is 0 Å². The molecule has 0 radical (unpaired) electrons. The van der Waals surface area contributed by atoms with E-state index in [9.17, 15) is 14.4 Å². The van der Waals surface area contributed by atoms with Crippen LogP contribution in [0.2, 0.25) is 0 Å². The van der Waals surface area contributed by atoms with Crippen LogP contribution in [-0.2, 0) is 14.3 Å². The van der Waals surface area contributed by atoms with Crippen molar-refractivity contribution >= 4 is 17.8 Å². The number of ether oxygens (including phenoxy) is 1. The van der Waals surface area contributed by atoms with Crippen molar-refractivity contribution in [2.75, 3.05) is 19.7 Å². The summed E-state index contributed by atoms with van der Waals surface area (Å²) in [6, 6.07) is -0.333. The first-order chi connectivity index (χ1) is 11.0. The van der Waals surface area contributed by atoms with Gasteiger partial charge in [0.1, 0.15) is 12.1 Å². The van der Waals surface area contributed by atoms with Crippen molar-refractivity contribution in [3.8, 4) is 0 Å². The van der Waals surface area contributed by atoms with Crippen LogP contribution in [0.4, 0.5) is 4.79 Å². The number of nitrogens with one attached hydrogen (secondary N) is 1. The molecule has 7 nitrogen and oxygen atoms in total. The quantitative estimate of drug-likeness (QED) is 0.767. The average Bonchev–Trinajstić information content (AvgIpc) is 3.24. The van der Waals surface area contributed by atoms with Crippen LogP contribution in [0.3, 0.4) is 0 Å². The molecule has 0 aromatic carbocycles. The molecule has 0 bridgehead atoms. The van der Waals surface area contributed by atoms with Gasteiger partial charge in [0.05, 0.1) is 18.8 Å². The molecule has 4 aliphatic rings. The standard InChI is InChI=1S/C16H23N3O4/c1-16(10-5-6-10)14(21)19(15(22)17-16)9-13(20)18-7-8-23-12-4-2-3-11(12)18/h10-12H,2-9H2,1H3,(H,17,22)/t11-,12-,16-/m1/s1. The molecule has 23 heavy (non-hydrogen) atoms. The number of carbonyl (C=O) groups is 3. The Labute approximate surface area is 135 Å². The first-order valence-electron chi connectivity index (χ1n) is 8.56. The lowest BCUT2D eigenvalue weighted by Crippen LogP contribution is -2.54. The number of nitrogens with zero attached hydrogens (tertiary/aromatic N) is 2. The molecule has 7 heteroatoms. The molecule has 126 valence electrons. The van der Waals surface area contributed by atoms with E-state index in [2.05, 4.69) is 5.32 Å². The predicted octanol–water partition coefficient (Wildman–Crippen LogP) is 0.487. The van der Waals surface area contributed by atoms with E-state index >= 15 is 0 Å². The maximum Gasteiger partial charge on any atom is 0.325 e. The van der Waals surface area contributed by atoms with Crippen molar-refractivity contribution in [1.82, 2.24) is 15.1 Å². The zero-order valence-corrected chi connectivity index (χ0v) is 13.4. The molecule has 2 aliphatic carbocycles. The second kappa shape index (κ2) is 5.19. The lowest BCUT2D eigenvalue weighted by atomic mass is 9.96. The summed E-state index contributed by atoms with van der Waals surface area (Å²) in [7, 11) is 0. The van der Waals surface area contributed by atoms with E-state index in [4.69, 9.17) is 4.74 Å². The van der Waals surface area contributed by atoms with Crippen LogP contribution in [0, 0.1) is 5.92 Å². The highest BCUT2D eigenvalue weighted by Gasteiger charge is 2.56. The Morgan fingerprint density at radius 3 is 2.83 bits per heavy atom. The number of fused-ring (bicyclic) bond motifs is 1. The highest BCUT2D eigenvalue weighted by Crippen LogP contribution is 2.42. The number of hydrogen-bond acceptors (Lipinski definition) is 4. The third-order valence-electron chi connectivity index (χ3n) is 5.79. The normalized spacial score (nSPS) is 37.1. The Morgan fingerprint density at radius 2 is 2.09 bits per heavy atom. The van der Waals surface area contributed by atoms with Gasteiger partial charge in [0.25, 0.3) is 5.91 Å². The topological polar surface area (TPSA) is 79.0 Å². The predicted molar refractivity (Wildman–Crippen MR) is 80.5 cm³/mol. The Balaban J connectivity index is 1.46. The van der Waals surface area contributed by atoms with Gasteiger partial charge in [-0.2, -0.15) is 0 Å². The summed E-state index contributed by atoms with van der Waals surface area (Å²) in [6.45, 7) is 2.70. The summed E-state index contributed by atoms with van der Waals surface area (Å²) in [5.74, 6) is -0.190. The van der Waals surface area contributed by atoms with Gasteiger partial charge >= 0.3 is 6.03 Å². The minimum Gasteiger partial charge on any atom is -0.374 e. The van der Waals surface area contributed by atoms with Crippen LogP contribution >= 0.6 is 0 Å². The van der Waals surface area contributed by atoms with Gasteiger partial charge in [-0.15, -0.1) is 0 Å². The van der Waals surface area contributed by atoms with Gasteiger partial charge in [0.15, 0.2) is 0 Å². The maximum atomic E-state index is 12.7. The Kier molecular flexibility index (Phi) is 3.37. The van der Waals surface area contributed by atoms with Crippen molar-refractivity contribution in [2.24, 2.45) is 5.92 Å². The van der Waals surface area contributed by atoms with E-state index in [-0.39, 0.29) is 36.4 Å². The highest BCUT2D eigenvalue weighted by atomic mass is 16.5. The lowest BCUT2D eigenvalue weighted by molar-refractivity contribution is -0.147. The number of hydrogen-bond donors (Lipinski definition) is 1. The van der Waals surface area contributed by atoms with E-state index in [0.29, 0.717) is 13.2 Å². The smallest absolute Gasteiger partial charge is 0.325 e. The maximum absolute atomic E-state index is 12.7. The zero-order chi connectivity index (χ0) is 16.2. The Bertz CT molecular complexity index is 562. The third kappa shape index (κ3) is 2.33.